The third kappa shape index (κ3) is 1.87. The average molecular weight is 236 g/mol. The minimum absolute atomic E-state index is 0.483. The Hall–Kier alpha value is -2.87. The summed E-state index contributed by atoms with van der Waals surface area (Å²) >= 11 is 0. The zero-order valence-electron chi connectivity index (χ0n) is 9.29. The van der Waals surface area contributed by atoms with Gasteiger partial charge in [0.1, 0.15) is 5.76 Å². The number of imidazole rings is 1. The predicted molar refractivity (Wildman–Crippen MR) is 66.8 cm³/mol. The Bertz CT molecular complexity index is 747. The van der Waals surface area contributed by atoms with Gasteiger partial charge >= 0.3 is 0 Å². The summed E-state index contributed by atoms with van der Waals surface area (Å²) in [6.45, 7) is 0. The van der Waals surface area contributed by atoms with Crippen LogP contribution in [0.25, 0.3) is 11.0 Å². The molecule has 2 heterocycles. The van der Waals surface area contributed by atoms with Gasteiger partial charge in [-0.2, -0.15) is 5.26 Å². The Morgan fingerprint density at radius 2 is 2.33 bits per heavy atom. The van der Waals surface area contributed by atoms with Crippen molar-refractivity contribution in [3.8, 4) is 6.07 Å². The Morgan fingerprint density at radius 3 is 3.11 bits per heavy atom. The topological polar surface area (TPSA) is 78.0 Å². The molecule has 0 saturated heterocycles. The zero-order valence-corrected chi connectivity index (χ0v) is 9.29. The quantitative estimate of drug-likeness (QED) is 0.695. The van der Waals surface area contributed by atoms with E-state index in [1.807, 2.05) is 0 Å². The second kappa shape index (κ2) is 4.18. The number of fused-ring (bicyclic) bond motifs is 1. The molecule has 1 N–H and O–H groups in total. The maximum absolute atomic E-state index is 8.81. The summed E-state index contributed by atoms with van der Waals surface area (Å²) in [4.78, 5) is 11.5. The molecule has 0 saturated carbocycles. The first kappa shape index (κ1) is 10.3. The van der Waals surface area contributed by atoms with Crippen molar-refractivity contribution in [1.29, 1.82) is 5.26 Å². The highest BCUT2D eigenvalue weighted by atomic mass is 16.3. The fraction of sp³-hybridized carbons (Fsp3) is 0. The van der Waals surface area contributed by atoms with E-state index in [1.165, 1.54) is 0 Å². The number of H-pyrrole nitrogens is 1. The number of aliphatic imine (C=N–C) groups is 1. The van der Waals surface area contributed by atoms with E-state index < -0.39 is 0 Å². The number of rotatable bonds is 2. The predicted octanol–water partition coefficient (Wildman–Crippen LogP) is 2.78. The minimum atomic E-state index is 0.483. The van der Waals surface area contributed by atoms with Crippen molar-refractivity contribution in [2.75, 3.05) is 0 Å². The lowest BCUT2D eigenvalue weighted by atomic mass is 10.2. The summed E-state index contributed by atoms with van der Waals surface area (Å²) in [5.41, 5.74) is 2.16. The van der Waals surface area contributed by atoms with Gasteiger partial charge in [0, 0.05) is 0 Å². The van der Waals surface area contributed by atoms with Crippen molar-refractivity contribution < 1.29 is 4.42 Å². The monoisotopic (exact) mass is 236 g/mol. The second-order valence-electron chi connectivity index (χ2n) is 3.68. The fourth-order valence-corrected chi connectivity index (χ4v) is 1.62. The molecule has 0 radical (unpaired) electrons. The summed E-state index contributed by atoms with van der Waals surface area (Å²) in [7, 11) is 0. The van der Waals surface area contributed by atoms with Crippen LogP contribution in [0.3, 0.4) is 0 Å². The smallest absolute Gasteiger partial charge is 0.227 e. The zero-order chi connectivity index (χ0) is 12.4. The van der Waals surface area contributed by atoms with Crippen molar-refractivity contribution >= 4 is 23.2 Å². The molecule has 0 aliphatic rings. The van der Waals surface area contributed by atoms with Crippen LogP contribution < -0.4 is 0 Å². The molecule has 0 amide bonds. The molecule has 0 aliphatic heterocycles. The van der Waals surface area contributed by atoms with E-state index in [0.717, 1.165) is 11.0 Å². The first-order chi connectivity index (χ1) is 8.85. The highest BCUT2D eigenvalue weighted by Gasteiger charge is 2.02. The summed E-state index contributed by atoms with van der Waals surface area (Å²) in [5, 5.41) is 8.81. The number of nitriles is 1. The van der Waals surface area contributed by atoms with Gasteiger partial charge < -0.3 is 9.40 Å². The molecule has 0 atom stereocenters. The van der Waals surface area contributed by atoms with Gasteiger partial charge in [-0.05, 0) is 30.3 Å². The third-order valence-corrected chi connectivity index (χ3v) is 2.46. The van der Waals surface area contributed by atoms with Gasteiger partial charge in [0.15, 0.2) is 0 Å². The second-order valence-corrected chi connectivity index (χ2v) is 3.68. The van der Waals surface area contributed by atoms with Crippen LogP contribution in [0.5, 0.6) is 0 Å². The number of aromatic amines is 1. The highest BCUT2D eigenvalue weighted by molar-refractivity contribution is 5.81. The van der Waals surface area contributed by atoms with Crippen molar-refractivity contribution in [2.24, 2.45) is 4.99 Å². The molecule has 0 bridgehead atoms. The third-order valence-electron chi connectivity index (χ3n) is 2.46. The molecule has 5 heteroatoms. The van der Waals surface area contributed by atoms with Crippen LogP contribution in [0.2, 0.25) is 0 Å². The van der Waals surface area contributed by atoms with Crippen molar-refractivity contribution in [3.05, 3.63) is 47.9 Å². The first-order valence-corrected chi connectivity index (χ1v) is 5.32. The summed E-state index contributed by atoms with van der Waals surface area (Å²) < 4.78 is 5.13. The lowest BCUT2D eigenvalue weighted by molar-refractivity contribution is 0.560. The van der Waals surface area contributed by atoms with Crippen LogP contribution in [0.1, 0.15) is 11.3 Å². The van der Waals surface area contributed by atoms with Crippen molar-refractivity contribution in [1.82, 2.24) is 9.97 Å². The number of hydrogen-bond donors (Lipinski definition) is 1. The van der Waals surface area contributed by atoms with E-state index in [4.69, 9.17) is 9.68 Å². The van der Waals surface area contributed by atoms with Gasteiger partial charge in [0.05, 0.1) is 35.1 Å². The Labute approximate surface area is 102 Å². The number of furan rings is 1. The molecule has 3 rings (SSSR count). The minimum Gasteiger partial charge on any atom is -0.463 e. The van der Waals surface area contributed by atoms with Crippen molar-refractivity contribution in [3.63, 3.8) is 0 Å². The number of benzene rings is 1. The molecule has 0 aliphatic carbocycles. The van der Waals surface area contributed by atoms with Crippen LogP contribution in [0.15, 0.2) is 46.0 Å². The summed E-state index contributed by atoms with van der Waals surface area (Å²) in [5.74, 6) is 1.14. The summed E-state index contributed by atoms with van der Waals surface area (Å²) in [6.07, 6.45) is 3.17. The fourth-order valence-electron chi connectivity index (χ4n) is 1.62. The lowest BCUT2D eigenvalue weighted by Crippen LogP contribution is -1.74. The number of hydrogen-bond acceptors (Lipinski definition) is 4. The lowest BCUT2D eigenvalue weighted by Gasteiger charge is -1.87. The molecule has 86 valence electrons. The van der Waals surface area contributed by atoms with Gasteiger partial charge in [-0.15, -0.1) is 0 Å². The Balaban J connectivity index is 1.96. The van der Waals surface area contributed by atoms with Gasteiger partial charge in [-0.1, -0.05) is 0 Å². The maximum atomic E-state index is 8.81. The molecular weight excluding hydrogens is 228 g/mol. The van der Waals surface area contributed by atoms with E-state index in [2.05, 4.69) is 21.0 Å². The molecule has 18 heavy (non-hydrogen) atoms. The van der Waals surface area contributed by atoms with E-state index in [9.17, 15) is 0 Å². The van der Waals surface area contributed by atoms with Crippen LogP contribution in [0, 0.1) is 11.3 Å². The molecule has 0 fully saturated rings. The van der Waals surface area contributed by atoms with Crippen LogP contribution in [0.4, 0.5) is 5.95 Å². The SMILES string of the molecule is N#Cc1ccc2nc(/N=C/c3ccco3)[nH]c2c1. The van der Waals surface area contributed by atoms with Crippen molar-refractivity contribution in [2.45, 2.75) is 0 Å². The van der Waals surface area contributed by atoms with Gasteiger partial charge in [-0.3, -0.25) is 0 Å². The van der Waals surface area contributed by atoms with Crippen LogP contribution in [-0.2, 0) is 0 Å². The van der Waals surface area contributed by atoms with Gasteiger partial charge in [0.25, 0.3) is 0 Å². The molecular formula is C13H8N4O. The van der Waals surface area contributed by atoms with Gasteiger partial charge in [-0.25, -0.2) is 9.98 Å². The molecule has 0 unspecified atom stereocenters. The molecule has 3 aromatic rings. The Kier molecular flexibility index (Phi) is 2.39. The van der Waals surface area contributed by atoms with E-state index in [1.54, 1.807) is 42.8 Å². The summed E-state index contributed by atoms with van der Waals surface area (Å²) in [6, 6.07) is 10.9. The molecule has 5 nitrogen and oxygen atoms in total. The normalized spacial score (nSPS) is 11.1. The van der Waals surface area contributed by atoms with Gasteiger partial charge in [0.2, 0.25) is 5.95 Å². The van der Waals surface area contributed by atoms with E-state index >= 15 is 0 Å². The van der Waals surface area contributed by atoms with Crippen LogP contribution in [-0.4, -0.2) is 16.2 Å². The largest absolute Gasteiger partial charge is 0.463 e. The van der Waals surface area contributed by atoms with E-state index in [0.29, 0.717) is 17.3 Å². The molecule has 2 aromatic heterocycles. The molecule has 0 spiro atoms. The number of aromatic nitrogens is 2. The highest BCUT2D eigenvalue weighted by Crippen LogP contribution is 2.17. The Morgan fingerprint density at radius 1 is 1.39 bits per heavy atom. The first-order valence-electron chi connectivity index (χ1n) is 5.32. The molecule has 1 aromatic carbocycles. The number of nitrogens with zero attached hydrogens (tertiary/aromatic N) is 3. The van der Waals surface area contributed by atoms with Crippen LogP contribution >= 0.6 is 0 Å². The average Bonchev–Trinajstić information content (AvgIpc) is 3.04. The number of nitrogens with one attached hydrogen (secondary N) is 1. The maximum Gasteiger partial charge on any atom is 0.227 e. The standard InChI is InChI=1S/C13H8N4O/c14-7-9-3-4-11-12(6-9)17-13(16-11)15-8-10-2-1-5-18-10/h1-6,8H,(H,16,17)/b15-8+. The van der Waals surface area contributed by atoms with E-state index in [-0.39, 0.29) is 0 Å².